The van der Waals surface area contributed by atoms with Gasteiger partial charge in [0.1, 0.15) is 6.10 Å². The zero-order chi connectivity index (χ0) is 12.5. The molecule has 1 unspecified atom stereocenters. The van der Waals surface area contributed by atoms with Crippen molar-refractivity contribution < 1.29 is 18.3 Å². The molecular formula is C12H9F3OS. The van der Waals surface area contributed by atoms with Gasteiger partial charge in [0.05, 0.1) is 5.56 Å². The van der Waals surface area contributed by atoms with E-state index in [0.29, 0.717) is 10.4 Å². The Labute approximate surface area is 100 Å². The number of hydrogen-bond acceptors (Lipinski definition) is 2. The molecule has 1 aromatic heterocycles. The summed E-state index contributed by atoms with van der Waals surface area (Å²) in [7, 11) is 0. The fourth-order valence-corrected chi connectivity index (χ4v) is 2.20. The summed E-state index contributed by atoms with van der Waals surface area (Å²) in [5.74, 6) is 0. The molecule has 0 radical (unpaired) electrons. The van der Waals surface area contributed by atoms with Crippen LogP contribution in [-0.2, 0) is 6.18 Å². The lowest BCUT2D eigenvalue weighted by Crippen LogP contribution is -2.05. The van der Waals surface area contributed by atoms with Gasteiger partial charge in [-0.05, 0) is 29.1 Å². The maximum atomic E-state index is 12.3. The first-order valence-electron chi connectivity index (χ1n) is 4.87. The van der Waals surface area contributed by atoms with E-state index < -0.39 is 17.8 Å². The largest absolute Gasteiger partial charge is 0.416 e. The SMILES string of the molecule is OC(c1ccc(C(F)(F)F)cc1)c1cccs1. The van der Waals surface area contributed by atoms with E-state index in [1.54, 1.807) is 12.1 Å². The molecule has 0 bridgehead atoms. The number of halogens is 3. The van der Waals surface area contributed by atoms with Crippen LogP contribution < -0.4 is 0 Å². The van der Waals surface area contributed by atoms with Crippen molar-refractivity contribution in [1.82, 2.24) is 0 Å². The lowest BCUT2D eigenvalue weighted by atomic mass is 10.1. The van der Waals surface area contributed by atoms with Crippen LogP contribution in [0.15, 0.2) is 41.8 Å². The quantitative estimate of drug-likeness (QED) is 0.867. The molecule has 5 heteroatoms. The Hall–Kier alpha value is -1.33. The molecule has 1 atom stereocenters. The third kappa shape index (κ3) is 2.68. The second-order valence-electron chi connectivity index (χ2n) is 3.54. The average Bonchev–Trinajstić information content (AvgIpc) is 2.80. The van der Waals surface area contributed by atoms with Crippen molar-refractivity contribution in [2.24, 2.45) is 0 Å². The van der Waals surface area contributed by atoms with Crippen LogP contribution >= 0.6 is 11.3 Å². The fourth-order valence-electron chi connectivity index (χ4n) is 1.47. The molecule has 1 aromatic carbocycles. The van der Waals surface area contributed by atoms with Gasteiger partial charge in [0.25, 0.3) is 0 Å². The maximum absolute atomic E-state index is 12.3. The molecule has 0 amide bonds. The molecule has 0 aliphatic heterocycles. The molecule has 0 aliphatic carbocycles. The van der Waals surface area contributed by atoms with Crippen LogP contribution in [0, 0.1) is 0 Å². The van der Waals surface area contributed by atoms with Gasteiger partial charge < -0.3 is 5.11 Å². The lowest BCUT2D eigenvalue weighted by Gasteiger charge is -2.11. The van der Waals surface area contributed by atoms with Crippen molar-refractivity contribution in [2.75, 3.05) is 0 Å². The topological polar surface area (TPSA) is 20.2 Å². The third-order valence-electron chi connectivity index (χ3n) is 2.37. The highest BCUT2D eigenvalue weighted by atomic mass is 32.1. The van der Waals surface area contributed by atoms with Gasteiger partial charge in [-0.1, -0.05) is 18.2 Å². The summed E-state index contributed by atoms with van der Waals surface area (Å²) in [4.78, 5) is 0.713. The van der Waals surface area contributed by atoms with E-state index in [9.17, 15) is 18.3 Å². The highest BCUT2D eigenvalue weighted by molar-refractivity contribution is 7.10. The number of rotatable bonds is 2. The van der Waals surface area contributed by atoms with Gasteiger partial charge in [0.2, 0.25) is 0 Å². The van der Waals surface area contributed by atoms with Crippen LogP contribution in [0.5, 0.6) is 0 Å². The molecule has 0 saturated heterocycles. The van der Waals surface area contributed by atoms with E-state index in [-0.39, 0.29) is 0 Å². The smallest absolute Gasteiger partial charge is 0.383 e. The summed E-state index contributed by atoms with van der Waals surface area (Å²) in [6, 6.07) is 8.08. The molecule has 2 aromatic rings. The van der Waals surface area contributed by atoms with Crippen LogP contribution in [0.25, 0.3) is 0 Å². The monoisotopic (exact) mass is 258 g/mol. The van der Waals surface area contributed by atoms with Crippen LogP contribution in [0.4, 0.5) is 13.2 Å². The average molecular weight is 258 g/mol. The summed E-state index contributed by atoms with van der Waals surface area (Å²) >= 11 is 1.36. The first-order valence-corrected chi connectivity index (χ1v) is 5.75. The predicted molar refractivity (Wildman–Crippen MR) is 59.8 cm³/mol. The van der Waals surface area contributed by atoms with E-state index in [1.807, 2.05) is 5.38 Å². The molecule has 1 nitrogen and oxygen atoms in total. The van der Waals surface area contributed by atoms with Gasteiger partial charge >= 0.3 is 6.18 Å². The Balaban J connectivity index is 2.24. The van der Waals surface area contributed by atoms with E-state index in [1.165, 1.54) is 23.5 Å². The Morgan fingerprint density at radius 3 is 2.18 bits per heavy atom. The number of aliphatic hydroxyl groups excluding tert-OH is 1. The van der Waals surface area contributed by atoms with Gasteiger partial charge in [-0.15, -0.1) is 11.3 Å². The van der Waals surface area contributed by atoms with Gasteiger partial charge in [-0.3, -0.25) is 0 Å². The summed E-state index contributed by atoms with van der Waals surface area (Å²) in [5.41, 5.74) is -0.250. The highest BCUT2D eigenvalue weighted by Crippen LogP contribution is 2.31. The minimum Gasteiger partial charge on any atom is -0.383 e. The fraction of sp³-hybridized carbons (Fsp3) is 0.167. The molecular weight excluding hydrogens is 249 g/mol. The van der Waals surface area contributed by atoms with Crippen LogP contribution in [0.3, 0.4) is 0 Å². The first-order chi connectivity index (χ1) is 7.98. The third-order valence-corrected chi connectivity index (χ3v) is 3.29. The molecule has 0 aliphatic rings. The molecule has 0 fully saturated rings. The minimum atomic E-state index is -4.34. The number of hydrogen-bond donors (Lipinski definition) is 1. The van der Waals surface area contributed by atoms with Crippen LogP contribution in [-0.4, -0.2) is 5.11 Å². The van der Waals surface area contributed by atoms with Crippen LogP contribution in [0.1, 0.15) is 22.1 Å². The Morgan fingerprint density at radius 2 is 1.71 bits per heavy atom. The second kappa shape index (κ2) is 4.50. The van der Waals surface area contributed by atoms with E-state index in [0.717, 1.165) is 12.1 Å². The van der Waals surface area contributed by atoms with Crippen molar-refractivity contribution in [3.63, 3.8) is 0 Å². The van der Waals surface area contributed by atoms with Gasteiger partial charge in [-0.2, -0.15) is 13.2 Å². The van der Waals surface area contributed by atoms with Crippen LogP contribution in [0.2, 0.25) is 0 Å². The minimum absolute atomic E-state index is 0.459. The predicted octanol–water partition coefficient (Wildman–Crippen LogP) is 3.85. The number of aliphatic hydroxyl groups is 1. The second-order valence-corrected chi connectivity index (χ2v) is 4.52. The van der Waals surface area contributed by atoms with E-state index in [4.69, 9.17) is 0 Å². The molecule has 90 valence electrons. The lowest BCUT2D eigenvalue weighted by molar-refractivity contribution is -0.137. The molecule has 17 heavy (non-hydrogen) atoms. The number of thiophene rings is 1. The summed E-state index contributed by atoms with van der Waals surface area (Å²) in [6.45, 7) is 0. The number of benzene rings is 1. The highest BCUT2D eigenvalue weighted by Gasteiger charge is 2.30. The van der Waals surface area contributed by atoms with Crippen molar-refractivity contribution in [3.05, 3.63) is 57.8 Å². The summed E-state index contributed by atoms with van der Waals surface area (Å²) in [5, 5.41) is 11.7. The molecule has 1 N–H and O–H groups in total. The standard InChI is InChI=1S/C12H9F3OS/c13-12(14,15)9-5-3-8(4-6-9)11(16)10-2-1-7-17-10/h1-7,11,16H. The zero-order valence-electron chi connectivity index (χ0n) is 8.61. The van der Waals surface area contributed by atoms with Crippen molar-refractivity contribution >= 4 is 11.3 Å². The summed E-state index contributed by atoms with van der Waals surface area (Å²) in [6.07, 6.45) is -5.20. The van der Waals surface area contributed by atoms with Crippen molar-refractivity contribution in [3.8, 4) is 0 Å². The summed E-state index contributed by atoms with van der Waals surface area (Å²) < 4.78 is 37.0. The van der Waals surface area contributed by atoms with Gasteiger partial charge in [0, 0.05) is 4.88 Å². The van der Waals surface area contributed by atoms with Crippen molar-refractivity contribution in [1.29, 1.82) is 0 Å². The normalized spacial score (nSPS) is 13.6. The molecule has 2 rings (SSSR count). The molecule has 1 heterocycles. The first kappa shape index (κ1) is 12.1. The molecule has 0 spiro atoms. The Morgan fingerprint density at radius 1 is 1.06 bits per heavy atom. The van der Waals surface area contributed by atoms with E-state index in [2.05, 4.69) is 0 Å². The van der Waals surface area contributed by atoms with E-state index >= 15 is 0 Å². The maximum Gasteiger partial charge on any atom is 0.416 e. The van der Waals surface area contributed by atoms with Crippen molar-refractivity contribution in [2.45, 2.75) is 12.3 Å². The number of alkyl halides is 3. The zero-order valence-corrected chi connectivity index (χ0v) is 9.42. The Kier molecular flexibility index (Phi) is 3.22. The Bertz CT molecular complexity index is 473. The van der Waals surface area contributed by atoms with Gasteiger partial charge in [0.15, 0.2) is 0 Å². The van der Waals surface area contributed by atoms with Gasteiger partial charge in [-0.25, -0.2) is 0 Å². The molecule has 0 saturated carbocycles.